The molecule has 1 N–H and O–H groups in total. The molecule has 1 aromatic rings. The standard InChI is InChI=1S/C16H23NOS2/c1-11-16(20-9-8-19-11)15(17-2)12-4-3-5-14(10-12)18-13-6-7-13/h3-5,10-11,13,15-17H,6-9H2,1-2H3. The number of nitrogens with one attached hydrogen (secondary N) is 1. The van der Waals surface area contributed by atoms with Gasteiger partial charge in [0.05, 0.1) is 6.10 Å². The summed E-state index contributed by atoms with van der Waals surface area (Å²) in [7, 11) is 2.08. The smallest absolute Gasteiger partial charge is 0.120 e. The summed E-state index contributed by atoms with van der Waals surface area (Å²) in [6, 6.07) is 9.08. The molecule has 2 nitrogen and oxygen atoms in total. The van der Waals surface area contributed by atoms with Crippen LogP contribution in [0.2, 0.25) is 0 Å². The Hall–Kier alpha value is -0.320. The van der Waals surface area contributed by atoms with E-state index in [-0.39, 0.29) is 0 Å². The molecule has 0 bridgehead atoms. The van der Waals surface area contributed by atoms with Gasteiger partial charge in [-0.05, 0) is 37.6 Å². The van der Waals surface area contributed by atoms with Gasteiger partial charge in [-0.15, -0.1) is 0 Å². The zero-order valence-corrected chi connectivity index (χ0v) is 13.8. The monoisotopic (exact) mass is 309 g/mol. The molecular weight excluding hydrogens is 286 g/mol. The SMILES string of the molecule is CNC(c1cccc(OC2CC2)c1)C1SCCSC1C. The molecule has 1 aliphatic heterocycles. The average molecular weight is 309 g/mol. The number of benzene rings is 1. The summed E-state index contributed by atoms with van der Waals surface area (Å²) in [5.74, 6) is 3.58. The Morgan fingerprint density at radius 3 is 2.75 bits per heavy atom. The highest BCUT2D eigenvalue weighted by Gasteiger charge is 2.31. The summed E-state index contributed by atoms with van der Waals surface area (Å²) in [5.41, 5.74) is 1.36. The van der Waals surface area contributed by atoms with Crippen molar-refractivity contribution >= 4 is 23.5 Å². The zero-order chi connectivity index (χ0) is 13.9. The number of hydrogen-bond donors (Lipinski definition) is 1. The second kappa shape index (κ2) is 6.63. The van der Waals surface area contributed by atoms with Gasteiger partial charge in [0.15, 0.2) is 0 Å². The van der Waals surface area contributed by atoms with Gasteiger partial charge in [-0.25, -0.2) is 0 Å². The van der Waals surface area contributed by atoms with Crippen LogP contribution in [0.5, 0.6) is 5.75 Å². The van der Waals surface area contributed by atoms with Gasteiger partial charge in [0, 0.05) is 28.0 Å². The van der Waals surface area contributed by atoms with Crippen LogP contribution in [0.3, 0.4) is 0 Å². The number of ether oxygens (including phenoxy) is 1. The highest BCUT2D eigenvalue weighted by atomic mass is 32.2. The van der Waals surface area contributed by atoms with E-state index >= 15 is 0 Å². The van der Waals surface area contributed by atoms with E-state index in [9.17, 15) is 0 Å². The second-order valence-electron chi connectivity index (χ2n) is 5.57. The maximum absolute atomic E-state index is 5.94. The normalized spacial score (nSPS) is 28.1. The van der Waals surface area contributed by atoms with Gasteiger partial charge in [0.2, 0.25) is 0 Å². The fraction of sp³-hybridized carbons (Fsp3) is 0.625. The summed E-state index contributed by atoms with van der Waals surface area (Å²) in [5, 5.41) is 4.85. The molecule has 1 heterocycles. The lowest BCUT2D eigenvalue weighted by molar-refractivity contribution is 0.302. The van der Waals surface area contributed by atoms with E-state index in [4.69, 9.17) is 4.74 Å². The summed E-state index contributed by atoms with van der Waals surface area (Å²) < 4.78 is 5.94. The Balaban J connectivity index is 1.76. The van der Waals surface area contributed by atoms with Crippen LogP contribution in [-0.4, -0.2) is 35.2 Å². The number of hydrogen-bond acceptors (Lipinski definition) is 4. The predicted octanol–water partition coefficient (Wildman–Crippen LogP) is 3.73. The summed E-state index contributed by atoms with van der Waals surface area (Å²) in [4.78, 5) is 0. The van der Waals surface area contributed by atoms with Gasteiger partial charge in [-0.1, -0.05) is 19.1 Å². The largest absolute Gasteiger partial charge is 0.490 e. The lowest BCUT2D eigenvalue weighted by Crippen LogP contribution is -2.36. The minimum absolute atomic E-state index is 0.408. The Labute approximate surface area is 130 Å². The van der Waals surface area contributed by atoms with E-state index in [2.05, 4.69) is 67.1 Å². The van der Waals surface area contributed by atoms with Crippen LogP contribution in [0.4, 0.5) is 0 Å². The van der Waals surface area contributed by atoms with Crippen LogP contribution in [0.1, 0.15) is 31.4 Å². The van der Waals surface area contributed by atoms with Gasteiger partial charge in [-0.3, -0.25) is 0 Å². The third kappa shape index (κ3) is 3.46. The number of thioether (sulfide) groups is 2. The molecule has 20 heavy (non-hydrogen) atoms. The van der Waals surface area contributed by atoms with E-state index in [1.165, 1.54) is 29.9 Å². The maximum atomic E-state index is 5.94. The minimum atomic E-state index is 0.408. The third-order valence-corrected chi connectivity index (χ3v) is 7.12. The molecule has 1 saturated carbocycles. The lowest BCUT2D eigenvalue weighted by atomic mass is 10.0. The summed E-state index contributed by atoms with van der Waals surface area (Å²) in [6.45, 7) is 2.36. The molecule has 110 valence electrons. The van der Waals surface area contributed by atoms with E-state index in [1.807, 2.05) is 0 Å². The Morgan fingerprint density at radius 2 is 2.05 bits per heavy atom. The molecular formula is C16H23NOS2. The van der Waals surface area contributed by atoms with E-state index in [0.29, 0.717) is 22.6 Å². The predicted molar refractivity (Wildman–Crippen MR) is 90.1 cm³/mol. The first-order valence-corrected chi connectivity index (χ1v) is 9.55. The Morgan fingerprint density at radius 1 is 1.25 bits per heavy atom. The molecule has 3 atom stereocenters. The third-order valence-electron chi connectivity index (χ3n) is 3.92. The first-order valence-electron chi connectivity index (χ1n) is 7.45. The van der Waals surface area contributed by atoms with E-state index < -0.39 is 0 Å². The van der Waals surface area contributed by atoms with Crippen molar-refractivity contribution in [3.05, 3.63) is 29.8 Å². The lowest BCUT2D eigenvalue weighted by Gasteiger charge is -2.34. The van der Waals surface area contributed by atoms with E-state index in [1.54, 1.807) is 0 Å². The minimum Gasteiger partial charge on any atom is -0.490 e. The van der Waals surface area contributed by atoms with Crippen molar-refractivity contribution in [3.63, 3.8) is 0 Å². The van der Waals surface area contributed by atoms with Crippen LogP contribution in [0.15, 0.2) is 24.3 Å². The molecule has 0 radical (unpaired) electrons. The van der Waals surface area contributed by atoms with Gasteiger partial charge in [0.1, 0.15) is 5.75 Å². The van der Waals surface area contributed by atoms with Crippen LogP contribution in [0, 0.1) is 0 Å². The first-order chi connectivity index (χ1) is 9.78. The molecule has 0 spiro atoms. The highest BCUT2D eigenvalue weighted by molar-refractivity contribution is 8.07. The van der Waals surface area contributed by atoms with Gasteiger partial charge < -0.3 is 10.1 Å². The van der Waals surface area contributed by atoms with Crippen molar-refractivity contribution in [2.75, 3.05) is 18.6 Å². The molecule has 0 amide bonds. The summed E-state index contributed by atoms with van der Waals surface area (Å²) >= 11 is 4.20. The molecule has 2 fully saturated rings. The molecule has 1 aliphatic carbocycles. The highest BCUT2D eigenvalue weighted by Crippen LogP contribution is 2.39. The fourth-order valence-corrected chi connectivity index (χ4v) is 5.68. The van der Waals surface area contributed by atoms with Crippen molar-refractivity contribution in [3.8, 4) is 5.75 Å². The van der Waals surface area contributed by atoms with Crippen molar-refractivity contribution in [2.45, 2.75) is 42.4 Å². The van der Waals surface area contributed by atoms with Crippen LogP contribution < -0.4 is 10.1 Å². The molecule has 2 aliphatic rings. The average Bonchev–Trinajstić information content (AvgIpc) is 3.26. The molecule has 1 aromatic carbocycles. The van der Waals surface area contributed by atoms with Crippen LogP contribution in [-0.2, 0) is 0 Å². The number of rotatable bonds is 5. The molecule has 1 saturated heterocycles. The zero-order valence-electron chi connectivity index (χ0n) is 12.2. The first kappa shape index (κ1) is 14.6. The fourth-order valence-electron chi connectivity index (χ4n) is 2.70. The molecule has 0 aromatic heterocycles. The van der Waals surface area contributed by atoms with E-state index in [0.717, 1.165) is 5.75 Å². The van der Waals surface area contributed by atoms with Gasteiger partial charge >= 0.3 is 0 Å². The summed E-state index contributed by atoms with van der Waals surface area (Å²) in [6.07, 6.45) is 2.90. The van der Waals surface area contributed by atoms with Gasteiger partial charge in [0.25, 0.3) is 0 Å². The van der Waals surface area contributed by atoms with Gasteiger partial charge in [-0.2, -0.15) is 23.5 Å². The maximum Gasteiger partial charge on any atom is 0.120 e. The van der Waals surface area contributed by atoms with Crippen LogP contribution >= 0.6 is 23.5 Å². The quantitative estimate of drug-likeness (QED) is 0.894. The molecule has 3 rings (SSSR count). The molecule has 3 unspecified atom stereocenters. The van der Waals surface area contributed by atoms with Crippen molar-refractivity contribution in [1.82, 2.24) is 5.32 Å². The Bertz CT molecular complexity index is 450. The van der Waals surface area contributed by atoms with Crippen molar-refractivity contribution in [2.24, 2.45) is 0 Å². The van der Waals surface area contributed by atoms with Crippen molar-refractivity contribution in [1.29, 1.82) is 0 Å². The topological polar surface area (TPSA) is 21.3 Å². The second-order valence-corrected chi connectivity index (χ2v) is 8.34. The van der Waals surface area contributed by atoms with Crippen molar-refractivity contribution < 1.29 is 4.74 Å². The Kier molecular flexibility index (Phi) is 4.84. The molecule has 4 heteroatoms. The van der Waals surface area contributed by atoms with Crippen LogP contribution in [0.25, 0.3) is 0 Å².